The fourth-order valence-corrected chi connectivity index (χ4v) is 2.15. The summed E-state index contributed by atoms with van der Waals surface area (Å²) in [7, 11) is 0. The van der Waals surface area contributed by atoms with Crippen LogP contribution in [0.1, 0.15) is 30.6 Å². The molecule has 0 aromatic carbocycles. The summed E-state index contributed by atoms with van der Waals surface area (Å²) in [6.07, 6.45) is 2.12. The predicted octanol–water partition coefficient (Wildman–Crippen LogP) is 0.868. The monoisotopic (exact) mass is 208 g/mol. The molecule has 0 fully saturated rings. The van der Waals surface area contributed by atoms with Crippen LogP contribution in [0, 0.1) is 12.8 Å². The van der Waals surface area contributed by atoms with Crippen LogP contribution in [0.5, 0.6) is 0 Å². The number of amidine groups is 1. The van der Waals surface area contributed by atoms with E-state index in [9.17, 15) is 0 Å². The topological polar surface area (TPSA) is 76.4 Å². The van der Waals surface area contributed by atoms with Crippen molar-refractivity contribution in [3.63, 3.8) is 0 Å². The lowest BCUT2D eigenvalue weighted by Gasteiger charge is -2.21. The molecule has 0 saturated heterocycles. The van der Waals surface area contributed by atoms with Crippen molar-refractivity contribution in [2.24, 2.45) is 16.8 Å². The van der Waals surface area contributed by atoms with Crippen molar-refractivity contribution in [2.75, 3.05) is 0 Å². The van der Waals surface area contributed by atoms with Gasteiger partial charge in [0, 0.05) is 12.2 Å². The van der Waals surface area contributed by atoms with Crippen molar-refractivity contribution in [1.82, 2.24) is 9.55 Å². The highest BCUT2D eigenvalue weighted by atomic mass is 16.4. The van der Waals surface area contributed by atoms with Crippen LogP contribution in [0.25, 0.3) is 0 Å². The Bertz CT molecular complexity index is 408. The Kier molecular flexibility index (Phi) is 2.38. The zero-order valence-electron chi connectivity index (χ0n) is 9.06. The van der Waals surface area contributed by atoms with Crippen LogP contribution in [0.4, 0.5) is 0 Å². The summed E-state index contributed by atoms with van der Waals surface area (Å²) in [6.45, 7) is 5.14. The molecule has 1 aliphatic heterocycles. The van der Waals surface area contributed by atoms with Gasteiger partial charge in [0.2, 0.25) is 0 Å². The SMILES string of the molecule is Cc1nc(/C(N)=N\O)c2n1CCC(C)C2. The van der Waals surface area contributed by atoms with E-state index in [1.807, 2.05) is 6.92 Å². The van der Waals surface area contributed by atoms with E-state index in [0.29, 0.717) is 11.6 Å². The highest BCUT2D eigenvalue weighted by Crippen LogP contribution is 2.24. The lowest BCUT2D eigenvalue weighted by molar-refractivity contribution is 0.318. The van der Waals surface area contributed by atoms with Crippen molar-refractivity contribution in [2.45, 2.75) is 33.2 Å². The van der Waals surface area contributed by atoms with Crippen LogP contribution in [0.15, 0.2) is 5.16 Å². The summed E-state index contributed by atoms with van der Waals surface area (Å²) in [5.41, 5.74) is 7.34. The number of rotatable bonds is 1. The van der Waals surface area contributed by atoms with E-state index in [2.05, 4.69) is 21.6 Å². The van der Waals surface area contributed by atoms with Crippen LogP contribution in [-0.2, 0) is 13.0 Å². The normalized spacial score (nSPS) is 21.5. The largest absolute Gasteiger partial charge is 0.409 e. The van der Waals surface area contributed by atoms with E-state index >= 15 is 0 Å². The molecule has 3 N–H and O–H groups in total. The van der Waals surface area contributed by atoms with Crippen molar-refractivity contribution in [3.05, 3.63) is 17.2 Å². The van der Waals surface area contributed by atoms with Gasteiger partial charge in [0.25, 0.3) is 0 Å². The minimum atomic E-state index is 0.112. The average Bonchev–Trinajstić information content (AvgIpc) is 2.54. The van der Waals surface area contributed by atoms with Crippen molar-refractivity contribution in [3.8, 4) is 0 Å². The molecule has 82 valence electrons. The Balaban J connectivity index is 2.50. The summed E-state index contributed by atoms with van der Waals surface area (Å²) >= 11 is 0. The Morgan fingerprint density at radius 1 is 1.67 bits per heavy atom. The summed E-state index contributed by atoms with van der Waals surface area (Å²) in [4.78, 5) is 4.34. The van der Waals surface area contributed by atoms with Gasteiger partial charge in [0.05, 0.1) is 0 Å². The molecule has 0 spiro atoms. The fraction of sp³-hybridized carbons (Fsp3) is 0.600. The predicted molar refractivity (Wildman–Crippen MR) is 57.0 cm³/mol. The first kappa shape index (κ1) is 10.0. The summed E-state index contributed by atoms with van der Waals surface area (Å²) in [6, 6.07) is 0. The van der Waals surface area contributed by atoms with Crippen LogP contribution in [-0.4, -0.2) is 20.6 Å². The van der Waals surface area contributed by atoms with Crippen LogP contribution < -0.4 is 5.73 Å². The zero-order chi connectivity index (χ0) is 11.0. The number of hydrogen-bond donors (Lipinski definition) is 2. The molecular weight excluding hydrogens is 192 g/mol. The number of nitrogens with two attached hydrogens (primary N) is 1. The molecule has 2 rings (SSSR count). The Labute approximate surface area is 88.6 Å². The Morgan fingerprint density at radius 3 is 3.07 bits per heavy atom. The molecule has 1 atom stereocenters. The van der Waals surface area contributed by atoms with Gasteiger partial charge < -0.3 is 15.5 Å². The molecule has 0 amide bonds. The molecule has 0 bridgehead atoms. The molecule has 1 aliphatic rings. The summed E-state index contributed by atoms with van der Waals surface area (Å²) < 4.78 is 2.16. The second-order valence-corrected chi connectivity index (χ2v) is 4.19. The first-order valence-corrected chi connectivity index (χ1v) is 5.17. The van der Waals surface area contributed by atoms with E-state index in [1.54, 1.807) is 0 Å². The molecule has 1 unspecified atom stereocenters. The molecule has 1 aromatic heterocycles. The molecule has 0 saturated carbocycles. The van der Waals surface area contributed by atoms with Gasteiger partial charge in [-0.05, 0) is 25.7 Å². The number of imidazole rings is 1. The highest BCUT2D eigenvalue weighted by Gasteiger charge is 2.23. The number of fused-ring (bicyclic) bond motifs is 1. The van der Waals surface area contributed by atoms with E-state index in [1.165, 1.54) is 6.42 Å². The molecule has 2 heterocycles. The van der Waals surface area contributed by atoms with E-state index in [-0.39, 0.29) is 5.84 Å². The fourth-order valence-electron chi connectivity index (χ4n) is 2.15. The standard InChI is InChI=1S/C10H16N4O/c1-6-3-4-14-7(2)12-9(8(14)5-6)10(11)13-15/h6,15H,3-5H2,1-2H3,(H2,11,13). The third-order valence-electron chi connectivity index (χ3n) is 3.00. The smallest absolute Gasteiger partial charge is 0.190 e. The van der Waals surface area contributed by atoms with Gasteiger partial charge >= 0.3 is 0 Å². The van der Waals surface area contributed by atoms with Crippen molar-refractivity contribution < 1.29 is 5.21 Å². The number of nitrogens with zero attached hydrogens (tertiary/aromatic N) is 3. The number of aromatic nitrogens is 2. The molecule has 0 radical (unpaired) electrons. The molecule has 5 nitrogen and oxygen atoms in total. The van der Waals surface area contributed by atoms with Gasteiger partial charge in [-0.3, -0.25) is 0 Å². The second kappa shape index (κ2) is 3.56. The van der Waals surface area contributed by atoms with Crippen LogP contribution >= 0.6 is 0 Å². The minimum absolute atomic E-state index is 0.112. The van der Waals surface area contributed by atoms with Gasteiger partial charge in [0.15, 0.2) is 5.84 Å². The van der Waals surface area contributed by atoms with E-state index in [0.717, 1.165) is 24.5 Å². The lowest BCUT2D eigenvalue weighted by Crippen LogP contribution is -2.22. The molecular formula is C10H16N4O. The zero-order valence-corrected chi connectivity index (χ0v) is 9.06. The summed E-state index contributed by atoms with van der Waals surface area (Å²) in [5.74, 6) is 1.69. The van der Waals surface area contributed by atoms with Gasteiger partial charge in [-0.25, -0.2) is 4.98 Å². The third-order valence-corrected chi connectivity index (χ3v) is 3.00. The minimum Gasteiger partial charge on any atom is -0.409 e. The highest BCUT2D eigenvalue weighted by molar-refractivity contribution is 5.96. The molecule has 15 heavy (non-hydrogen) atoms. The van der Waals surface area contributed by atoms with E-state index in [4.69, 9.17) is 10.9 Å². The Hall–Kier alpha value is -1.52. The lowest BCUT2D eigenvalue weighted by atomic mass is 9.97. The Morgan fingerprint density at radius 2 is 2.40 bits per heavy atom. The average molecular weight is 208 g/mol. The van der Waals surface area contributed by atoms with Gasteiger partial charge in [-0.15, -0.1) is 0 Å². The van der Waals surface area contributed by atoms with Crippen LogP contribution in [0.2, 0.25) is 0 Å². The van der Waals surface area contributed by atoms with Crippen molar-refractivity contribution in [1.29, 1.82) is 0 Å². The summed E-state index contributed by atoms with van der Waals surface area (Å²) in [5, 5.41) is 11.7. The van der Waals surface area contributed by atoms with Gasteiger partial charge in [0.1, 0.15) is 11.5 Å². The quantitative estimate of drug-likeness (QED) is 0.311. The molecule has 5 heteroatoms. The molecule has 0 aliphatic carbocycles. The maximum absolute atomic E-state index is 8.68. The second-order valence-electron chi connectivity index (χ2n) is 4.19. The third kappa shape index (κ3) is 1.58. The number of oxime groups is 1. The van der Waals surface area contributed by atoms with Crippen LogP contribution in [0.3, 0.4) is 0 Å². The van der Waals surface area contributed by atoms with Crippen molar-refractivity contribution >= 4 is 5.84 Å². The first-order chi connectivity index (χ1) is 7.13. The molecule has 1 aromatic rings. The number of hydrogen-bond acceptors (Lipinski definition) is 3. The number of aryl methyl sites for hydroxylation is 1. The van der Waals surface area contributed by atoms with E-state index < -0.39 is 0 Å². The maximum atomic E-state index is 8.68. The maximum Gasteiger partial charge on any atom is 0.190 e. The first-order valence-electron chi connectivity index (χ1n) is 5.17. The van der Waals surface area contributed by atoms with Gasteiger partial charge in [-0.1, -0.05) is 12.1 Å². The van der Waals surface area contributed by atoms with Gasteiger partial charge in [-0.2, -0.15) is 0 Å².